The maximum absolute atomic E-state index is 6.02. The van der Waals surface area contributed by atoms with Crippen LogP contribution in [0.4, 0.5) is 0 Å². The first-order valence-electron chi connectivity index (χ1n) is 5.45. The fourth-order valence-electron chi connectivity index (χ4n) is 1.81. The molecule has 0 radical (unpaired) electrons. The quantitative estimate of drug-likeness (QED) is 0.928. The molecule has 17 heavy (non-hydrogen) atoms. The number of thiophene rings is 2. The van der Waals surface area contributed by atoms with Crippen molar-refractivity contribution < 1.29 is 4.74 Å². The van der Waals surface area contributed by atoms with Crippen molar-refractivity contribution in [3.05, 3.63) is 43.7 Å². The molecule has 0 bridgehead atoms. The van der Waals surface area contributed by atoms with E-state index < -0.39 is 0 Å². The Labute approximate surface area is 113 Å². The molecule has 0 aromatic carbocycles. The van der Waals surface area contributed by atoms with Crippen LogP contribution in [0.2, 0.25) is 4.34 Å². The van der Waals surface area contributed by atoms with Crippen LogP contribution in [0, 0.1) is 0 Å². The van der Waals surface area contributed by atoms with Crippen LogP contribution < -0.4 is 5.32 Å². The van der Waals surface area contributed by atoms with Crippen molar-refractivity contribution in [1.29, 1.82) is 0 Å². The Bertz CT molecular complexity index is 478. The summed E-state index contributed by atoms with van der Waals surface area (Å²) < 4.78 is 6.05. The highest BCUT2D eigenvalue weighted by Gasteiger charge is 2.25. The van der Waals surface area contributed by atoms with E-state index in [4.69, 9.17) is 16.3 Å². The Morgan fingerprint density at radius 2 is 2.18 bits per heavy atom. The van der Waals surface area contributed by atoms with Crippen LogP contribution in [0.5, 0.6) is 0 Å². The maximum atomic E-state index is 6.02. The molecular formula is C12H12ClNOS2. The standard InChI is InChI=1S/C12H12ClNOS2/c13-11-4-3-10(17-11)12(9-2-1-5-16-9)14-8-6-15-7-8/h1-5,8,12,14H,6-7H2. The molecule has 1 saturated heterocycles. The van der Waals surface area contributed by atoms with Gasteiger partial charge in [-0.1, -0.05) is 17.7 Å². The molecule has 0 spiro atoms. The monoisotopic (exact) mass is 285 g/mol. The topological polar surface area (TPSA) is 21.3 Å². The van der Waals surface area contributed by atoms with E-state index >= 15 is 0 Å². The van der Waals surface area contributed by atoms with E-state index in [1.807, 2.05) is 6.07 Å². The molecule has 1 N–H and O–H groups in total. The molecule has 2 nitrogen and oxygen atoms in total. The molecule has 2 aromatic rings. The first kappa shape index (κ1) is 11.7. The van der Waals surface area contributed by atoms with Gasteiger partial charge in [-0.2, -0.15) is 0 Å². The fourth-order valence-corrected chi connectivity index (χ4v) is 3.83. The second-order valence-electron chi connectivity index (χ2n) is 3.99. The van der Waals surface area contributed by atoms with Gasteiger partial charge in [0.15, 0.2) is 0 Å². The van der Waals surface area contributed by atoms with Crippen LogP contribution in [0.1, 0.15) is 15.8 Å². The largest absolute Gasteiger partial charge is 0.378 e. The lowest BCUT2D eigenvalue weighted by Gasteiger charge is -2.30. The molecule has 5 heteroatoms. The zero-order valence-corrected chi connectivity index (χ0v) is 11.4. The number of rotatable bonds is 4. The molecule has 1 unspecified atom stereocenters. The van der Waals surface area contributed by atoms with Gasteiger partial charge in [0.2, 0.25) is 0 Å². The van der Waals surface area contributed by atoms with E-state index in [2.05, 4.69) is 28.9 Å². The van der Waals surface area contributed by atoms with E-state index in [0.717, 1.165) is 17.6 Å². The highest BCUT2D eigenvalue weighted by molar-refractivity contribution is 7.16. The second-order valence-corrected chi connectivity index (χ2v) is 6.72. The van der Waals surface area contributed by atoms with Crippen LogP contribution >= 0.6 is 34.3 Å². The lowest BCUT2D eigenvalue weighted by atomic mass is 10.1. The van der Waals surface area contributed by atoms with Crippen LogP contribution in [0.25, 0.3) is 0 Å². The molecule has 90 valence electrons. The van der Waals surface area contributed by atoms with E-state index in [-0.39, 0.29) is 6.04 Å². The van der Waals surface area contributed by atoms with Gasteiger partial charge in [0.25, 0.3) is 0 Å². The van der Waals surface area contributed by atoms with Crippen molar-refractivity contribution in [2.75, 3.05) is 13.2 Å². The Morgan fingerprint density at radius 1 is 1.29 bits per heavy atom. The van der Waals surface area contributed by atoms with Gasteiger partial charge >= 0.3 is 0 Å². The van der Waals surface area contributed by atoms with Crippen molar-refractivity contribution in [1.82, 2.24) is 5.32 Å². The van der Waals surface area contributed by atoms with Gasteiger partial charge in [0.05, 0.1) is 29.6 Å². The minimum atomic E-state index is 0.251. The average Bonchev–Trinajstić information content (AvgIpc) is 2.88. The van der Waals surface area contributed by atoms with Crippen LogP contribution in [0.15, 0.2) is 29.6 Å². The first-order valence-corrected chi connectivity index (χ1v) is 7.53. The highest BCUT2D eigenvalue weighted by atomic mass is 35.5. The summed E-state index contributed by atoms with van der Waals surface area (Å²) in [5.41, 5.74) is 0. The average molecular weight is 286 g/mol. The van der Waals surface area contributed by atoms with Crippen molar-refractivity contribution in [3.8, 4) is 0 Å². The lowest BCUT2D eigenvalue weighted by molar-refractivity contribution is -0.00798. The number of nitrogens with one attached hydrogen (secondary N) is 1. The Balaban J connectivity index is 1.85. The molecule has 0 aliphatic carbocycles. The molecule has 1 atom stereocenters. The Hall–Kier alpha value is -0.390. The van der Waals surface area contributed by atoms with E-state index in [1.165, 1.54) is 9.75 Å². The van der Waals surface area contributed by atoms with Crippen LogP contribution in [-0.2, 0) is 4.74 Å². The first-order chi connectivity index (χ1) is 8.33. The summed E-state index contributed by atoms with van der Waals surface area (Å²) in [5.74, 6) is 0. The normalized spacial score (nSPS) is 17.9. The summed E-state index contributed by atoms with van der Waals surface area (Å²) in [6.45, 7) is 1.61. The van der Waals surface area contributed by atoms with Gasteiger partial charge in [-0.05, 0) is 23.6 Å². The van der Waals surface area contributed by atoms with Crippen molar-refractivity contribution >= 4 is 34.3 Å². The summed E-state index contributed by atoms with van der Waals surface area (Å²) in [6.07, 6.45) is 0. The van der Waals surface area contributed by atoms with Gasteiger partial charge in [-0.3, -0.25) is 5.32 Å². The zero-order chi connectivity index (χ0) is 11.7. The third-order valence-corrected chi connectivity index (χ3v) is 4.98. The van der Waals surface area contributed by atoms with E-state index in [0.29, 0.717) is 6.04 Å². The summed E-state index contributed by atoms with van der Waals surface area (Å²) >= 11 is 9.43. The zero-order valence-electron chi connectivity index (χ0n) is 9.06. The van der Waals surface area contributed by atoms with Gasteiger partial charge < -0.3 is 4.74 Å². The molecule has 1 aliphatic rings. The molecule has 0 amide bonds. The van der Waals surface area contributed by atoms with Gasteiger partial charge in [0.1, 0.15) is 0 Å². The molecule has 2 aromatic heterocycles. The summed E-state index contributed by atoms with van der Waals surface area (Å²) in [6, 6.07) is 9.02. The molecule has 1 aliphatic heterocycles. The molecule has 1 fully saturated rings. The van der Waals surface area contributed by atoms with Gasteiger partial charge in [-0.15, -0.1) is 22.7 Å². The molecule has 3 heterocycles. The molecular weight excluding hydrogens is 274 g/mol. The van der Waals surface area contributed by atoms with E-state index in [9.17, 15) is 0 Å². The predicted molar refractivity (Wildman–Crippen MR) is 73.2 cm³/mol. The Kier molecular flexibility index (Phi) is 3.49. The second kappa shape index (κ2) is 5.08. The minimum Gasteiger partial charge on any atom is -0.378 e. The summed E-state index contributed by atoms with van der Waals surface area (Å²) in [4.78, 5) is 2.60. The Morgan fingerprint density at radius 3 is 2.71 bits per heavy atom. The van der Waals surface area contributed by atoms with Crippen molar-refractivity contribution in [3.63, 3.8) is 0 Å². The number of ether oxygens (including phenoxy) is 1. The lowest BCUT2D eigenvalue weighted by Crippen LogP contribution is -2.47. The third-order valence-electron chi connectivity index (χ3n) is 2.75. The highest BCUT2D eigenvalue weighted by Crippen LogP contribution is 2.33. The fraction of sp³-hybridized carbons (Fsp3) is 0.333. The number of hydrogen-bond acceptors (Lipinski definition) is 4. The maximum Gasteiger partial charge on any atom is 0.0931 e. The molecule has 0 saturated carbocycles. The van der Waals surface area contributed by atoms with Gasteiger partial charge in [-0.25, -0.2) is 0 Å². The smallest absolute Gasteiger partial charge is 0.0931 e. The van der Waals surface area contributed by atoms with Gasteiger partial charge in [0, 0.05) is 9.75 Å². The number of hydrogen-bond donors (Lipinski definition) is 1. The summed E-state index contributed by atoms with van der Waals surface area (Å²) in [7, 11) is 0. The minimum absolute atomic E-state index is 0.251. The predicted octanol–water partition coefficient (Wildman–Crippen LogP) is 3.54. The number of halogens is 1. The van der Waals surface area contributed by atoms with Crippen molar-refractivity contribution in [2.45, 2.75) is 12.1 Å². The van der Waals surface area contributed by atoms with E-state index in [1.54, 1.807) is 22.7 Å². The summed E-state index contributed by atoms with van der Waals surface area (Å²) in [5, 5.41) is 5.73. The van der Waals surface area contributed by atoms with Crippen LogP contribution in [-0.4, -0.2) is 19.3 Å². The molecule has 3 rings (SSSR count). The SMILES string of the molecule is Clc1ccc(C(NC2COC2)c2cccs2)s1. The third kappa shape index (κ3) is 2.56. The van der Waals surface area contributed by atoms with Crippen LogP contribution in [0.3, 0.4) is 0 Å². The van der Waals surface area contributed by atoms with Crippen molar-refractivity contribution in [2.24, 2.45) is 0 Å².